The van der Waals surface area contributed by atoms with E-state index in [0.29, 0.717) is 50.2 Å². The quantitative estimate of drug-likeness (QED) is 0.376. The lowest BCUT2D eigenvalue weighted by Crippen LogP contribution is -2.30. The van der Waals surface area contributed by atoms with E-state index in [1.807, 2.05) is 0 Å². The number of furan rings is 1. The molecule has 1 fully saturated rings. The number of halogens is 2. The number of nitrogens with zero attached hydrogens (tertiary/aromatic N) is 2. The fourth-order valence-electron chi connectivity index (χ4n) is 3.43. The van der Waals surface area contributed by atoms with Crippen molar-refractivity contribution < 1.29 is 23.5 Å². The van der Waals surface area contributed by atoms with Gasteiger partial charge in [-0.15, -0.1) is 0 Å². The Balaban J connectivity index is 0.000000469. The van der Waals surface area contributed by atoms with Crippen molar-refractivity contribution in [2.24, 2.45) is 10.9 Å². The van der Waals surface area contributed by atoms with E-state index < -0.39 is 5.91 Å². The van der Waals surface area contributed by atoms with Crippen LogP contribution in [0.15, 0.2) is 34.1 Å². The van der Waals surface area contributed by atoms with E-state index >= 15 is 0 Å². The lowest BCUT2D eigenvalue weighted by Gasteiger charge is -2.10. The number of pyridine rings is 1. The lowest BCUT2D eigenvalue weighted by atomic mass is 9.97. The number of ether oxygens (including phenoxy) is 2. The number of morpholine rings is 1. The molecule has 0 aliphatic carbocycles. The van der Waals surface area contributed by atoms with Crippen molar-refractivity contribution in [3.05, 3.63) is 45.9 Å². The highest BCUT2D eigenvalue weighted by molar-refractivity contribution is 6.39. The Morgan fingerprint density at radius 1 is 1.24 bits per heavy atom. The van der Waals surface area contributed by atoms with Gasteiger partial charge in [0.2, 0.25) is 0 Å². The van der Waals surface area contributed by atoms with E-state index in [9.17, 15) is 4.79 Å². The van der Waals surface area contributed by atoms with Crippen molar-refractivity contribution in [2.45, 2.75) is 13.8 Å². The van der Waals surface area contributed by atoms with Crippen LogP contribution in [0.25, 0.3) is 22.1 Å². The largest absolute Gasteiger partial charge is 0.493 e. The number of fused-ring (bicyclic) bond motifs is 1. The summed E-state index contributed by atoms with van der Waals surface area (Å²) in [4.78, 5) is 21.4. The zero-order valence-corrected chi connectivity index (χ0v) is 20.6. The van der Waals surface area contributed by atoms with Crippen LogP contribution in [-0.2, 0) is 9.57 Å². The molecule has 182 valence electrons. The zero-order chi connectivity index (χ0) is 24.7. The van der Waals surface area contributed by atoms with Gasteiger partial charge in [-0.1, -0.05) is 28.4 Å². The fourth-order valence-corrected chi connectivity index (χ4v) is 3.99. The van der Waals surface area contributed by atoms with E-state index in [1.54, 1.807) is 26.0 Å². The summed E-state index contributed by atoms with van der Waals surface area (Å²) in [6.07, 6.45) is 2.93. The van der Waals surface area contributed by atoms with E-state index in [2.05, 4.69) is 15.5 Å². The number of hydrogen-bond acceptors (Lipinski definition) is 8. The second-order valence-electron chi connectivity index (χ2n) is 7.12. The molecule has 34 heavy (non-hydrogen) atoms. The maximum absolute atomic E-state index is 12.4. The molecule has 0 atom stereocenters. The summed E-state index contributed by atoms with van der Waals surface area (Å²) in [7, 11) is 1.49. The van der Waals surface area contributed by atoms with Crippen LogP contribution in [0.4, 0.5) is 0 Å². The van der Waals surface area contributed by atoms with Crippen molar-refractivity contribution in [3.63, 3.8) is 0 Å². The lowest BCUT2D eigenvalue weighted by molar-refractivity contribution is 0.100. The highest BCUT2D eigenvalue weighted by Crippen LogP contribution is 2.44. The molecule has 4 rings (SSSR count). The summed E-state index contributed by atoms with van der Waals surface area (Å²) in [5.41, 5.74) is 7.55. The minimum atomic E-state index is -0.699. The van der Waals surface area contributed by atoms with E-state index in [-0.39, 0.29) is 11.3 Å². The molecule has 3 N–H and O–H groups in total. The molecule has 0 unspecified atom stereocenters. The highest BCUT2D eigenvalue weighted by atomic mass is 35.5. The molecule has 1 aliphatic heterocycles. The first-order valence-electron chi connectivity index (χ1n) is 10.6. The van der Waals surface area contributed by atoms with Crippen LogP contribution < -0.4 is 15.8 Å². The number of amides is 1. The summed E-state index contributed by atoms with van der Waals surface area (Å²) < 4.78 is 16.3. The van der Waals surface area contributed by atoms with Crippen molar-refractivity contribution in [3.8, 4) is 16.9 Å². The maximum atomic E-state index is 12.4. The molecule has 1 aliphatic rings. The van der Waals surface area contributed by atoms with Crippen LogP contribution in [0.3, 0.4) is 0 Å². The molecule has 0 spiro atoms. The summed E-state index contributed by atoms with van der Waals surface area (Å²) in [6.45, 7) is 7.64. The van der Waals surface area contributed by atoms with Crippen LogP contribution in [0, 0.1) is 0 Å². The molecule has 1 saturated heterocycles. The number of rotatable bonds is 6. The second-order valence-corrected chi connectivity index (χ2v) is 7.94. The summed E-state index contributed by atoms with van der Waals surface area (Å²) in [6, 6.07) is 3.42. The number of primary amides is 1. The number of aromatic nitrogens is 1. The molecule has 3 aromatic rings. The van der Waals surface area contributed by atoms with Crippen LogP contribution in [-0.4, -0.2) is 56.6 Å². The van der Waals surface area contributed by atoms with Crippen LogP contribution >= 0.6 is 23.2 Å². The molecule has 0 bridgehead atoms. The first-order chi connectivity index (χ1) is 16.4. The van der Waals surface area contributed by atoms with Gasteiger partial charge in [0.05, 0.1) is 35.9 Å². The molecule has 0 saturated carbocycles. The molecule has 1 aromatic carbocycles. The number of benzene rings is 1. The van der Waals surface area contributed by atoms with Gasteiger partial charge in [-0.2, -0.15) is 0 Å². The normalized spacial score (nSPS) is 13.9. The van der Waals surface area contributed by atoms with Crippen LogP contribution in [0.2, 0.25) is 10.0 Å². The topological polar surface area (TPSA) is 121 Å². The van der Waals surface area contributed by atoms with Crippen molar-refractivity contribution >= 4 is 45.8 Å². The Kier molecular flexibility index (Phi) is 9.12. The number of nitrogens with two attached hydrogens (primary N) is 1. The van der Waals surface area contributed by atoms with Crippen molar-refractivity contribution in [2.75, 3.05) is 40.0 Å². The summed E-state index contributed by atoms with van der Waals surface area (Å²) in [5.74, 6) is -0.100. The molecular weight excluding hydrogens is 483 g/mol. The Morgan fingerprint density at radius 2 is 1.91 bits per heavy atom. The monoisotopic (exact) mass is 508 g/mol. The van der Waals surface area contributed by atoms with Gasteiger partial charge in [0.1, 0.15) is 12.3 Å². The zero-order valence-electron chi connectivity index (χ0n) is 19.1. The molecule has 0 radical (unpaired) electrons. The van der Waals surface area contributed by atoms with Crippen LogP contribution in [0.5, 0.6) is 5.75 Å². The third kappa shape index (κ3) is 5.61. The SMILES string of the molecule is C1COCCN1.CCON=C(C)c1oc2c(OC)ccc(-c3c(Cl)cncc3Cl)c2c1C(N)=O. The summed E-state index contributed by atoms with van der Waals surface area (Å²) >= 11 is 12.7. The Morgan fingerprint density at radius 3 is 2.41 bits per heavy atom. The number of hydrogen-bond donors (Lipinski definition) is 2. The predicted molar refractivity (Wildman–Crippen MR) is 132 cm³/mol. The minimum absolute atomic E-state index is 0.133. The van der Waals surface area contributed by atoms with Gasteiger partial charge in [-0.05, 0) is 31.5 Å². The number of methoxy groups -OCH3 is 1. The van der Waals surface area contributed by atoms with Crippen molar-refractivity contribution in [1.82, 2.24) is 10.3 Å². The molecular formula is C23H26Cl2N4O5. The van der Waals surface area contributed by atoms with E-state index in [0.717, 1.165) is 26.3 Å². The van der Waals surface area contributed by atoms with Crippen LogP contribution in [0.1, 0.15) is 30.0 Å². The molecule has 2 aromatic heterocycles. The molecule has 11 heteroatoms. The minimum Gasteiger partial charge on any atom is -0.493 e. The first-order valence-corrected chi connectivity index (χ1v) is 11.3. The van der Waals surface area contributed by atoms with Gasteiger partial charge >= 0.3 is 0 Å². The second kappa shape index (κ2) is 12.0. The molecule has 3 heterocycles. The number of oxime groups is 1. The molecule has 1 amide bonds. The van der Waals surface area contributed by atoms with Gasteiger partial charge in [-0.25, -0.2) is 0 Å². The van der Waals surface area contributed by atoms with Crippen molar-refractivity contribution in [1.29, 1.82) is 0 Å². The number of carbonyl (C=O) groups excluding carboxylic acids is 1. The van der Waals surface area contributed by atoms with Gasteiger partial charge in [0.15, 0.2) is 17.1 Å². The van der Waals surface area contributed by atoms with Gasteiger partial charge in [0.25, 0.3) is 5.91 Å². The highest BCUT2D eigenvalue weighted by Gasteiger charge is 2.27. The van der Waals surface area contributed by atoms with E-state index in [1.165, 1.54) is 19.5 Å². The Labute approximate surface area is 207 Å². The fraction of sp³-hybridized carbons (Fsp3) is 0.348. The average molecular weight is 509 g/mol. The standard InChI is InChI=1S/C19H17Cl2N3O4.C4H9NO/c1-4-27-24-9(2)17-16(19(22)25)15-10(5-6-13(26-3)18(15)28-17)14-11(20)7-23-8-12(14)21;1-3-6-4-2-5-1/h5-8H,4H2,1-3H3,(H2,22,25);5H,1-4H2. The third-order valence-electron chi connectivity index (χ3n) is 4.90. The van der Waals surface area contributed by atoms with Gasteiger partial charge in [0, 0.05) is 36.4 Å². The molecule has 9 nitrogen and oxygen atoms in total. The first kappa shape index (κ1) is 25.8. The predicted octanol–water partition coefficient (Wildman–Crippen LogP) is 4.28. The van der Waals surface area contributed by atoms with E-state index in [4.69, 9.17) is 47.7 Å². The van der Waals surface area contributed by atoms with Gasteiger partial charge in [-0.3, -0.25) is 9.78 Å². The third-order valence-corrected chi connectivity index (χ3v) is 5.47. The number of carbonyl (C=O) groups is 1. The number of nitrogens with one attached hydrogen (secondary N) is 1. The van der Waals surface area contributed by atoms with Gasteiger partial charge < -0.3 is 29.8 Å². The summed E-state index contributed by atoms with van der Waals surface area (Å²) in [5, 5.41) is 8.17. The maximum Gasteiger partial charge on any atom is 0.253 e. The average Bonchev–Trinajstić information content (AvgIpc) is 3.25. The Bertz CT molecular complexity index is 1160. The Hall–Kier alpha value is -2.85. The smallest absolute Gasteiger partial charge is 0.253 e.